The molecular formula is C14H21BrIN. The van der Waals surface area contributed by atoms with Crippen molar-refractivity contribution >= 4 is 38.5 Å². The molecule has 3 heteroatoms. The molecule has 0 saturated heterocycles. The van der Waals surface area contributed by atoms with E-state index in [1.165, 1.54) is 39.3 Å². The van der Waals surface area contributed by atoms with Gasteiger partial charge in [0.25, 0.3) is 0 Å². The third kappa shape index (κ3) is 5.26. The van der Waals surface area contributed by atoms with Gasteiger partial charge in [-0.05, 0) is 59.3 Å². The zero-order valence-corrected chi connectivity index (χ0v) is 14.3. The molecule has 1 aromatic rings. The number of unbranched alkanes of at least 4 members (excludes halogenated alkanes) is 2. The third-order valence-electron chi connectivity index (χ3n) is 2.88. The summed E-state index contributed by atoms with van der Waals surface area (Å²) in [4.78, 5) is 0. The normalized spacial score (nSPS) is 12.7. The van der Waals surface area contributed by atoms with Gasteiger partial charge in [0.05, 0.1) is 0 Å². The van der Waals surface area contributed by atoms with Crippen LogP contribution < -0.4 is 5.32 Å². The summed E-state index contributed by atoms with van der Waals surface area (Å²) in [5.74, 6) is 0. The first kappa shape index (κ1) is 15.4. The molecule has 17 heavy (non-hydrogen) atoms. The zero-order chi connectivity index (χ0) is 12.7. The van der Waals surface area contributed by atoms with Crippen molar-refractivity contribution in [2.45, 2.75) is 45.6 Å². The Morgan fingerprint density at radius 3 is 2.71 bits per heavy atom. The van der Waals surface area contributed by atoms with Crippen LogP contribution in [-0.4, -0.2) is 6.54 Å². The van der Waals surface area contributed by atoms with E-state index in [4.69, 9.17) is 0 Å². The van der Waals surface area contributed by atoms with Crippen molar-refractivity contribution < 1.29 is 0 Å². The molecule has 0 aliphatic rings. The minimum atomic E-state index is 0.482. The van der Waals surface area contributed by atoms with Gasteiger partial charge in [0.15, 0.2) is 0 Å². The molecule has 0 amide bonds. The summed E-state index contributed by atoms with van der Waals surface area (Å²) >= 11 is 6.05. The summed E-state index contributed by atoms with van der Waals surface area (Å²) in [5.41, 5.74) is 1.40. The number of nitrogens with one attached hydrogen (secondary N) is 1. The van der Waals surface area contributed by atoms with Crippen LogP contribution in [0.3, 0.4) is 0 Å². The van der Waals surface area contributed by atoms with Crippen molar-refractivity contribution in [3.8, 4) is 0 Å². The van der Waals surface area contributed by atoms with Gasteiger partial charge in [-0.15, -0.1) is 0 Å². The van der Waals surface area contributed by atoms with Crippen LogP contribution in [0.5, 0.6) is 0 Å². The van der Waals surface area contributed by atoms with E-state index in [-0.39, 0.29) is 0 Å². The topological polar surface area (TPSA) is 12.0 Å². The molecule has 0 saturated carbocycles. The first-order valence-electron chi connectivity index (χ1n) is 6.37. The zero-order valence-electron chi connectivity index (χ0n) is 10.6. The molecule has 1 atom stereocenters. The molecule has 0 fully saturated rings. The Bertz CT molecular complexity index is 341. The summed E-state index contributed by atoms with van der Waals surface area (Å²) in [6, 6.07) is 7.06. The molecule has 96 valence electrons. The number of hydrogen-bond acceptors (Lipinski definition) is 1. The van der Waals surface area contributed by atoms with Crippen molar-refractivity contribution in [3.63, 3.8) is 0 Å². The molecule has 1 rings (SSSR count). The molecule has 1 nitrogen and oxygen atoms in total. The Morgan fingerprint density at radius 1 is 1.29 bits per heavy atom. The minimum Gasteiger partial charge on any atom is -0.310 e. The molecule has 1 aromatic carbocycles. The van der Waals surface area contributed by atoms with E-state index < -0.39 is 0 Å². The monoisotopic (exact) mass is 409 g/mol. The maximum absolute atomic E-state index is 3.67. The fraction of sp³-hybridized carbons (Fsp3) is 0.571. The number of halogens is 2. The maximum Gasteiger partial charge on any atom is 0.0331 e. The Kier molecular flexibility index (Phi) is 7.71. The summed E-state index contributed by atoms with van der Waals surface area (Å²) in [5, 5.41) is 3.59. The van der Waals surface area contributed by atoms with Gasteiger partial charge < -0.3 is 5.32 Å². The van der Waals surface area contributed by atoms with Gasteiger partial charge in [0, 0.05) is 14.1 Å². The number of hydrogen-bond donors (Lipinski definition) is 1. The van der Waals surface area contributed by atoms with Crippen LogP contribution in [0, 0.1) is 3.57 Å². The Labute approximate surface area is 127 Å². The first-order chi connectivity index (χ1) is 8.19. The summed E-state index contributed by atoms with van der Waals surface area (Å²) < 4.78 is 2.53. The predicted molar refractivity (Wildman–Crippen MR) is 87.4 cm³/mol. The summed E-state index contributed by atoms with van der Waals surface area (Å²) in [7, 11) is 0. The Balaban J connectivity index is 2.77. The van der Waals surface area contributed by atoms with Gasteiger partial charge in [0.2, 0.25) is 0 Å². The van der Waals surface area contributed by atoms with Gasteiger partial charge >= 0.3 is 0 Å². The van der Waals surface area contributed by atoms with E-state index in [1.54, 1.807) is 0 Å². The average molecular weight is 410 g/mol. The van der Waals surface area contributed by atoms with Gasteiger partial charge in [-0.25, -0.2) is 0 Å². The molecule has 0 bridgehead atoms. The SMILES string of the molecule is CCCCCC(NCC)c1cc(I)ccc1Br. The molecule has 0 heterocycles. The van der Waals surface area contributed by atoms with Gasteiger partial charge in [0.1, 0.15) is 0 Å². The van der Waals surface area contributed by atoms with Crippen LogP contribution in [0.15, 0.2) is 22.7 Å². The van der Waals surface area contributed by atoms with Crippen LogP contribution in [0.4, 0.5) is 0 Å². The van der Waals surface area contributed by atoms with Crippen molar-refractivity contribution in [3.05, 3.63) is 31.8 Å². The second-order valence-electron chi connectivity index (χ2n) is 4.27. The molecule has 1 unspecified atom stereocenters. The first-order valence-corrected chi connectivity index (χ1v) is 8.24. The lowest BCUT2D eigenvalue weighted by molar-refractivity contribution is 0.485. The third-order valence-corrected chi connectivity index (χ3v) is 4.27. The van der Waals surface area contributed by atoms with E-state index >= 15 is 0 Å². The lowest BCUT2D eigenvalue weighted by Crippen LogP contribution is -2.21. The lowest BCUT2D eigenvalue weighted by Gasteiger charge is -2.20. The Hall–Kier alpha value is 0.390. The highest BCUT2D eigenvalue weighted by Gasteiger charge is 2.13. The Morgan fingerprint density at radius 2 is 2.06 bits per heavy atom. The van der Waals surface area contributed by atoms with Crippen LogP contribution in [0.1, 0.15) is 51.1 Å². The highest BCUT2D eigenvalue weighted by molar-refractivity contribution is 14.1. The van der Waals surface area contributed by atoms with Crippen molar-refractivity contribution in [1.29, 1.82) is 0 Å². The lowest BCUT2D eigenvalue weighted by atomic mass is 10.0. The van der Waals surface area contributed by atoms with E-state index in [9.17, 15) is 0 Å². The van der Waals surface area contributed by atoms with Crippen molar-refractivity contribution in [1.82, 2.24) is 5.32 Å². The maximum atomic E-state index is 3.67. The van der Waals surface area contributed by atoms with Gasteiger partial charge in [-0.1, -0.05) is 49.0 Å². The second kappa shape index (κ2) is 8.48. The van der Waals surface area contributed by atoms with Crippen LogP contribution in [-0.2, 0) is 0 Å². The molecule has 0 aliphatic carbocycles. The molecule has 0 spiro atoms. The summed E-state index contributed by atoms with van der Waals surface area (Å²) in [6.45, 7) is 5.45. The largest absolute Gasteiger partial charge is 0.310 e. The summed E-state index contributed by atoms with van der Waals surface area (Å²) in [6.07, 6.45) is 5.13. The highest BCUT2D eigenvalue weighted by Crippen LogP contribution is 2.28. The van der Waals surface area contributed by atoms with Crippen LogP contribution in [0.2, 0.25) is 0 Å². The van der Waals surface area contributed by atoms with E-state index in [1.807, 2.05) is 0 Å². The minimum absolute atomic E-state index is 0.482. The van der Waals surface area contributed by atoms with E-state index in [0.717, 1.165) is 6.54 Å². The smallest absolute Gasteiger partial charge is 0.0331 e. The molecule has 0 aromatic heterocycles. The van der Waals surface area contributed by atoms with Crippen LogP contribution in [0.25, 0.3) is 0 Å². The fourth-order valence-electron chi connectivity index (χ4n) is 1.99. The molecule has 0 aliphatic heterocycles. The number of benzene rings is 1. The van der Waals surface area contributed by atoms with E-state index in [0.29, 0.717) is 6.04 Å². The van der Waals surface area contributed by atoms with Crippen LogP contribution >= 0.6 is 38.5 Å². The van der Waals surface area contributed by atoms with Crippen molar-refractivity contribution in [2.75, 3.05) is 6.54 Å². The average Bonchev–Trinajstić information content (AvgIpc) is 2.32. The van der Waals surface area contributed by atoms with Gasteiger partial charge in [-0.2, -0.15) is 0 Å². The predicted octanol–water partition coefficient (Wildman–Crippen LogP) is 5.28. The molecule has 1 N–H and O–H groups in total. The quantitative estimate of drug-likeness (QED) is 0.476. The number of rotatable bonds is 7. The molecule has 0 radical (unpaired) electrons. The van der Waals surface area contributed by atoms with E-state index in [2.05, 4.69) is 75.9 Å². The second-order valence-corrected chi connectivity index (χ2v) is 6.37. The molecular weight excluding hydrogens is 389 g/mol. The highest BCUT2D eigenvalue weighted by atomic mass is 127. The van der Waals surface area contributed by atoms with Crippen molar-refractivity contribution in [2.24, 2.45) is 0 Å². The fourth-order valence-corrected chi connectivity index (χ4v) is 3.03. The van der Waals surface area contributed by atoms with Gasteiger partial charge in [-0.3, -0.25) is 0 Å². The standard InChI is InChI=1S/C14H21BrIN/c1-3-5-6-7-14(17-4-2)12-10-11(16)8-9-13(12)15/h8-10,14,17H,3-7H2,1-2H3.